The highest BCUT2D eigenvalue weighted by Crippen LogP contribution is 2.39. The van der Waals surface area contributed by atoms with E-state index in [9.17, 15) is 9.59 Å². The van der Waals surface area contributed by atoms with Crippen LogP contribution >= 0.6 is 11.8 Å². The van der Waals surface area contributed by atoms with Crippen molar-refractivity contribution < 1.29 is 9.59 Å². The molecule has 0 radical (unpaired) electrons. The van der Waals surface area contributed by atoms with Crippen molar-refractivity contribution in [2.24, 2.45) is 11.8 Å². The van der Waals surface area contributed by atoms with Crippen molar-refractivity contribution in [2.45, 2.75) is 31.6 Å². The van der Waals surface area contributed by atoms with Gasteiger partial charge in [-0.15, -0.1) is 0 Å². The summed E-state index contributed by atoms with van der Waals surface area (Å²) < 4.78 is 0. The van der Waals surface area contributed by atoms with Crippen molar-refractivity contribution in [1.29, 1.82) is 0 Å². The van der Waals surface area contributed by atoms with Crippen LogP contribution in [0.3, 0.4) is 0 Å². The van der Waals surface area contributed by atoms with Crippen molar-refractivity contribution in [3.05, 3.63) is 64.6 Å². The molecule has 2 atom stereocenters. The molecule has 5 nitrogen and oxygen atoms in total. The third-order valence-corrected chi connectivity index (χ3v) is 7.01. The maximum Gasteiger partial charge on any atom is 0.262 e. The number of amides is 2. The minimum atomic E-state index is -0.145. The van der Waals surface area contributed by atoms with Crippen LogP contribution in [-0.4, -0.2) is 42.9 Å². The number of thioether (sulfide) groups is 1. The van der Waals surface area contributed by atoms with Gasteiger partial charge in [0.15, 0.2) is 0 Å². The van der Waals surface area contributed by atoms with E-state index in [0.717, 1.165) is 48.3 Å². The second-order valence-electron chi connectivity index (χ2n) is 9.00. The lowest BCUT2D eigenvalue weighted by molar-refractivity contribution is -0.112. The van der Waals surface area contributed by atoms with E-state index in [0.29, 0.717) is 22.7 Å². The average molecular weight is 450 g/mol. The Hall–Kier alpha value is -2.57. The van der Waals surface area contributed by atoms with Gasteiger partial charge in [-0.1, -0.05) is 55.9 Å². The number of carbonyl (C=O) groups excluding carboxylic acids is 2. The highest BCUT2D eigenvalue weighted by Gasteiger charge is 2.23. The summed E-state index contributed by atoms with van der Waals surface area (Å²) in [7, 11) is 0. The van der Waals surface area contributed by atoms with Gasteiger partial charge in [-0.05, 0) is 61.1 Å². The normalized spacial score (nSPS) is 22.3. The number of likely N-dealkylation sites (tertiary alicyclic amines) is 1. The number of nitrogens with zero attached hydrogens (tertiary/aromatic N) is 1. The first-order valence-corrected chi connectivity index (χ1v) is 12.2. The summed E-state index contributed by atoms with van der Waals surface area (Å²) in [6, 6.07) is 15.3. The largest absolute Gasteiger partial charge is 0.352 e. The third-order valence-electron chi connectivity index (χ3n) is 5.91. The Kier molecular flexibility index (Phi) is 7.33. The molecule has 0 aliphatic carbocycles. The van der Waals surface area contributed by atoms with Crippen LogP contribution in [0.1, 0.15) is 42.6 Å². The molecule has 0 saturated carbocycles. The van der Waals surface area contributed by atoms with Gasteiger partial charge in [0.1, 0.15) is 0 Å². The monoisotopic (exact) mass is 449 g/mol. The number of fused-ring (bicyclic) bond motifs is 1. The number of carbonyl (C=O) groups is 2. The van der Waals surface area contributed by atoms with Crippen LogP contribution in [0.15, 0.2) is 58.3 Å². The Bertz CT molecular complexity index is 995. The molecule has 0 bridgehead atoms. The minimum Gasteiger partial charge on any atom is -0.352 e. The fourth-order valence-corrected chi connectivity index (χ4v) is 5.52. The fraction of sp³-hybridized carbons (Fsp3) is 0.385. The molecule has 2 aromatic rings. The first-order valence-electron chi connectivity index (χ1n) is 11.4. The van der Waals surface area contributed by atoms with Crippen LogP contribution in [0.2, 0.25) is 0 Å². The van der Waals surface area contributed by atoms with Crippen LogP contribution < -0.4 is 10.6 Å². The Morgan fingerprint density at radius 3 is 2.66 bits per heavy atom. The molecule has 0 aromatic heterocycles. The molecule has 1 saturated heterocycles. The van der Waals surface area contributed by atoms with Crippen LogP contribution in [0, 0.1) is 11.8 Å². The molecule has 168 valence electrons. The zero-order valence-corrected chi connectivity index (χ0v) is 19.6. The summed E-state index contributed by atoms with van der Waals surface area (Å²) in [6.07, 6.45) is 4.13. The first kappa shape index (κ1) is 22.6. The van der Waals surface area contributed by atoms with Gasteiger partial charge in [-0.2, -0.15) is 0 Å². The molecule has 2 aromatic carbocycles. The number of hydrogen-bond donors (Lipinski definition) is 2. The lowest BCUT2D eigenvalue weighted by Crippen LogP contribution is -2.40. The van der Waals surface area contributed by atoms with Crippen LogP contribution in [0.5, 0.6) is 0 Å². The standard InChI is InChI=1S/C26H31N3O2S/c1-18-13-19(2)17-29(16-18)12-6-11-27-25(30)21-9-10-23-22(15-21)28-26(31)24(32-23)14-20-7-4-3-5-8-20/h3-5,7-10,14-15,18-19H,6,11-13,16-17H2,1-2H3,(H,27,30)(H,28,31)/b24-14-. The third kappa shape index (κ3) is 5.81. The zero-order valence-electron chi connectivity index (χ0n) is 18.8. The maximum absolute atomic E-state index is 12.6. The molecule has 4 rings (SSSR count). The molecule has 2 unspecified atom stereocenters. The van der Waals surface area contributed by atoms with E-state index in [-0.39, 0.29) is 11.8 Å². The van der Waals surface area contributed by atoms with E-state index >= 15 is 0 Å². The molecule has 32 heavy (non-hydrogen) atoms. The quantitative estimate of drug-likeness (QED) is 0.488. The van der Waals surface area contributed by atoms with E-state index in [1.165, 1.54) is 18.2 Å². The molecule has 2 N–H and O–H groups in total. The highest BCUT2D eigenvalue weighted by molar-refractivity contribution is 8.04. The first-order chi connectivity index (χ1) is 15.5. The Balaban J connectivity index is 1.31. The second-order valence-corrected chi connectivity index (χ2v) is 10.1. The number of anilines is 1. The molecular formula is C26H31N3O2S. The van der Waals surface area contributed by atoms with Gasteiger partial charge in [-0.3, -0.25) is 9.59 Å². The van der Waals surface area contributed by atoms with Crippen molar-refractivity contribution in [1.82, 2.24) is 10.2 Å². The number of benzene rings is 2. The van der Waals surface area contributed by atoms with Crippen LogP contribution in [0.4, 0.5) is 5.69 Å². The lowest BCUT2D eigenvalue weighted by Gasteiger charge is -2.34. The summed E-state index contributed by atoms with van der Waals surface area (Å²) in [5, 5.41) is 5.95. The van der Waals surface area contributed by atoms with E-state index in [1.54, 1.807) is 6.07 Å². The molecule has 6 heteroatoms. The zero-order chi connectivity index (χ0) is 22.5. The summed E-state index contributed by atoms with van der Waals surface area (Å²) in [5.74, 6) is 1.26. The molecular weight excluding hydrogens is 418 g/mol. The van der Waals surface area contributed by atoms with Crippen molar-refractivity contribution >= 4 is 35.3 Å². The predicted molar refractivity (Wildman–Crippen MR) is 132 cm³/mol. The van der Waals surface area contributed by atoms with E-state index in [1.807, 2.05) is 48.5 Å². The van der Waals surface area contributed by atoms with Crippen LogP contribution in [-0.2, 0) is 4.79 Å². The van der Waals surface area contributed by atoms with Gasteiger partial charge in [-0.25, -0.2) is 0 Å². The van der Waals surface area contributed by atoms with Crippen molar-refractivity contribution in [2.75, 3.05) is 31.5 Å². The number of nitrogens with one attached hydrogen (secondary N) is 2. The van der Waals surface area contributed by atoms with Crippen LogP contribution in [0.25, 0.3) is 6.08 Å². The van der Waals surface area contributed by atoms with Crippen molar-refractivity contribution in [3.63, 3.8) is 0 Å². The lowest BCUT2D eigenvalue weighted by atomic mass is 9.92. The number of hydrogen-bond acceptors (Lipinski definition) is 4. The molecule has 2 heterocycles. The smallest absolute Gasteiger partial charge is 0.262 e. The highest BCUT2D eigenvalue weighted by atomic mass is 32.2. The molecule has 2 aliphatic heterocycles. The summed E-state index contributed by atoms with van der Waals surface area (Å²) in [6.45, 7) is 8.61. The van der Waals surface area contributed by atoms with Gasteiger partial charge >= 0.3 is 0 Å². The maximum atomic E-state index is 12.6. The molecule has 1 fully saturated rings. The Morgan fingerprint density at radius 2 is 1.91 bits per heavy atom. The minimum absolute atomic E-state index is 0.0990. The van der Waals surface area contributed by atoms with Gasteiger partial charge in [0.25, 0.3) is 11.8 Å². The fourth-order valence-electron chi connectivity index (χ4n) is 4.58. The second kappa shape index (κ2) is 10.4. The van der Waals surface area contributed by atoms with Crippen molar-refractivity contribution in [3.8, 4) is 0 Å². The predicted octanol–water partition coefficient (Wildman–Crippen LogP) is 4.87. The van der Waals surface area contributed by atoms with E-state index < -0.39 is 0 Å². The molecule has 2 amide bonds. The summed E-state index contributed by atoms with van der Waals surface area (Å²) >= 11 is 1.43. The Morgan fingerprint density at radius 1 is 1.16 bits per heavy atom. The van der Waals surface area contributed by atoms with Gasteiger partial charge in [0.2, 0.25) is 0 Å². The topological polar surface area (TPSA) is 61.4 Å². The van der Waals surface area contributed by atoms with E-state index in [2.05, 4.69) is 29.4 Å². The molecule has 0 spiro atoms. The van der Waals surface area contributed by atoms with E-state index in [4.69, 9.17) is 0 Å². The summed E-state index contributed by atoms with van der Waals surface area (Å²) in [4.78, 5) is 29.3. The average Bonchev–Trinajstić information content (AvgIpc) is 2.77. The van der Waals surface area contributed by atoms with Gasteiger partial charge in [0, 0.05) is 30.1 Å². The summed E-state index contributed by atoms with van der Waals surface area (Å²) in [5.41, 5.74) is 2.24. The Labute approximate surface area is 194 Å². The molecule has 2 aliphatic rings. The van der Waals surface area contributed by atoms with Gasteiger partial charge < -0.3 is 15.5 Å². The van der Waals surface area contributed by atoms with Gasteiger partial charge in [0.05, 0.1) is 10.6 Å². The number of rotatable bonds is 6. The SMILES string of the molecule is CC1CC(C)CN(CCCNC(=O)c2ccc3c(c2)NC(=O)/C(=C/c2ccccc2)S3)C1. The number of piperidine rings is 1.